The lowest BCUT2D eigenvalue weighted by Crippen LogP contribution is -2.47. The third-order valence-electron chi connectivity index (χ3n) is 6.25. The van der Waals surface area contributed by atoms with Gasteiger partial charge in [0.1, 0.15) is 17.6 Å². The predicted molar refractivity (Wildman–Crippen MR) is 122 cm³/mol. The van der Waals surface area contributed by atoms with Crippen molar-refractivity contribution in [2.24, 2.45) is 11.8 Å². The molecule has 7 nitrogen and oxygen atoms in total. The van der Waals surface area contributed by atoms with E-state index in [9.17, 15) is 19.2 Å². The van der Waals surface area contributed by atoms with E-state index in [-0.39, 0.29) is 0 Å². The highest BCUT2D eigenvalue weighted by atomic mass is 16.5. The predicted octanol–water partition coefficient (Wildman–Crippen LogP) is 3.68. The summed E-state index contributed by atoms with van der Waals surface area (Å²) < 4.78 is 5.22. The van der Waals surface area contributed by atoms with Crippen LogP contribution < -0.4 is 15.4 Å². The van der Waals surface area contributed by atoms with Gasteiger partial charge in [0.2, 0.25) is 11.8 Å². The van der Waals surface area contributed by atoms with Gasteiger partial charge in [0.25, 0.3) is 0 Å². The minimum atomic E-state index is -1.25. The molecule has 0 spiro atoms. The first-order valence-electron chi connectivity index (χ1n) is 10.5. The molecule has 2 amide bonds. The van der Waals surface area contributed by atoms with Crippen LogP contribution in [0, 0.1) is 11.8 Å². The molecule has 2 N–H and O–H groups in total. The molecule has 2 aliphatic rings. The number of rotatable bonds is 4. The number of fused-ring (bicyclic) bond motifs is 2. The Kier molecular flexibility index (Phi) is 5.01. The van der Waals surface area contributed by atoms with Gasteiger partial charge in [0, 0.05) is 17.0 Å². The molecule has 164 valence electrons. The van der Waals surface area contributed by atoms with E-state index in [1.54, 1.807) is 72.8 Å². The summed E-state index contributed by atoms with van der Waals surface area (Å²) in [5.41, 5.74) is 2.06. The molecule has 2 aliphatic heterocycles. The van der Waals surface area contributed by atoms with Crippen molar-refractivity contribution in [3.63, 3.8) is 0 Å². The molecule has 5 rings (SSSR count). The molecule has 0 radical (unpaired) electrons. The van der Waals surface area contributed by atoms with Gasteiger partial charge in [0.05, 0.1) is 18.5 Å². The SMILES string of the molecule is COc1ccc(C([C@H]2C(=O)Nc3ccccc3C2=O)[C@H]2C(=O)Nc3ccccc3C2=O)cc1. The van der Waals surface area contributed by atoms with Gasteiger partial charge in [-0.1, -0.05) is 36.4 Å². The average Bonchev–Trinajstić information content (AvgIpc) is 2.83. The molecule has 33 heavy (non-hydrogen) atoms. The minimum absolute atomic E-state index is 0.352. The number of para-hydroxylation sites is 2. The Hall–Kier alpha value is -4.26. The van der Waals surface area contributed by atoms with E-state index < -0.39 is 41.1 Å². The molecular weight excluding hydrogens is 420 g/mol. The Morgan fingerprint density at radius 2 is 1.12 bits per heavy atom. The molecular formula is C26H20N2O5. The van der Waals surface area contributed by atoms with E-state index in [2.05, 4.69) is 10.6 Å². The van der Waals surface area contributed by atoms with Gasteiger partial charge in [-0.2, -0.15) is 0 Å². The van der Waals surface area contributed by atoms with Crippen molar-refractivity contribution >= 4 is 34.8 Å². The smallest absolute Gasteiger partial charge is 0.236 e. The Bertz CT molecular complexity index is 1220. The number of hydrogen-bond donors (Lipinski definition) is 2. The van der Waals surface area contributed by atoms with Gasteiger partial charge in [-0.05, 0) is 42.0 Å². The van der Waals surface area contributed by atoms with Gasteiger partial charge >= 0.3 is 0 Å². The second kappa shape index (κ2) is 8.02. The number of nitrogens with one attached hydrogen (secondary N) is 2. The summed E-state index contributed by atoms with van der Waals surface area (Å²) in [6, 6.07) is 20.2. The lowest BCUT2D eigenvalue weighted by molar-refractivity contribution is -0.122. The first-order valence-corrected chi connectivity index (χ1v) is 10.5. The van der Waals surface area contributed by atoms with Crippen molar-refractivity contribution in [3.05, 3.63) is 89.5 Å². The standard InChI is InChI=1S/C26H20N2O5/c1-33-15-12-10-14(11-13-15)20(21-23(29)16-6-2-4-8-18(16)27-25(21)31)22-24(30)17-7-3-5-9-19(17)28-26(22)32/h2-13,20-22H,1H3,(H,27,31)(H,28,32)/t21-,22-/m1/s1. The second-order valence-electron chi connectivity index (χ2n) is 8.05. The molecule has 0 saturated carbocycles. The van der Waals surface area contributed by atoms with Gasteiger partial charge in [-0.3, -0.25) is 19.2 Å². The first kappa shape index (κ1) is 20.6. The third-order valence-corrected chi connectivity index (χ3v) is 6.25. The number of amides is 2. The van der Waals surface area contributed by atoms with Crippen LogP contribution in [0.2, 0.25) is 0 Å². The zero-order valence-corrected chi connectivity index (χ0v) is 17.7. The number of Topliss-reactive ketones (excluding diaryl/α,β-unsaturated/α-hetero) is 2. The van der Waals surface area contributed by atoms with Crippen LogP contribution in [-0.2, 0) is 9.59 Å². The van der Waals surface area contributed by atoms with E-state index >= 15 is 0 Å². The fourth-order valence-corrected chi connectivity index (χ4v) is 4.66. The van der Waals surface area contributed by atoms with E-state index in [0.717, 1.165) is 0 Å². The van der Waals surface area contributed by atoms with Crippen molar-refractivity contribution < 1.29 is 23.9 Å². The molecule has 2 atom stereocenters. The quantitative estimate of drug-likeness (QED) is 0.603. The number of carbonyl (C=O) groups excluding carboxylic acids is 4. The zero-order chi connectivity index (χ0) is 23.1. The highest BCUT2D eigenvalue weighted by Gasteiger charge is 2.50. The Morgan fingerprint density at radius 3 is 1.58 bits per heavy atom. The van der Waals surface area contributed by atoms with E-state index in [1.165, 1.54) is 7.11 Å². The van der Waals surface area contributed by atoms with Crippen molar-refractivity contribution in [2.45, 2.75) is 5.92 Å². The Morgan fingerprint density at radius 1 is 0.667 bits per heavy atom. The maximum Gasteiger partial charge on any atom is 0.236 e. The summed E-state index contributed by atoms with van der Waals surface area (Å²) in [5, 5.41) is 5.55. The monoisotopic (exact) mass is 440 g/mol. The van der Waals surface area contributed by atoms with Crippen molar-refractivity contribution in [1.29, 1.82) is 0 Å². The first-order chi connectivity index (χ1) is 16.0. The van der Waals surface area contributed by atoms with Gasteiger partial charge in [-0.25, -0.2) is 0 Å². The summed E-state index contributed by atoms with van der Waals surface area (Å²) in [7, 11) is 1.52. The molecule has 0 aliphatic carbocycles. The van der Waals surface area contributed by atoms with Crippen LogP contribution in [0.1, 0.15) is 32.2 Å². The maximum absolute atomic E-state index is 13.5. The molecule has 0 saturated heterocycles. The maximum atomic E-state index is 13.5. The molecule has 0 fully saturated rings. The molecule has 0 bridgehead atoms. The number of methoxy groups -OCH3 is 1. The van der Waals surface area contributed by atoms with Crippen LogP contribution in [0.4, 0.5) is 11.4 Å². The van der Waals surface area contributed by atoms with Crippen LogP contribution in [0.25, 0.3) is 0 Å². The van der Waals surface area contributed by atoms with Crippen LogP contribution in [0.5, 0.6) is 5.75 Å². The van der Waals surface area contributed by atoms with Crippen LogP contribution in [0.15, 0.2) is 72.8 Å². The summed E-state index contributed by atoms with van der Waals surface area (Å²) >= 11 is 0. The topological polar surface area (TPSA) is 102 Å². The van der Waals surface area contributed by atoms with Crippen molar-refractivity contribution in [3.8, 4) is 5.75 Å². The lowest BCUT2D eigenvalue weighted by Gasteiger charge is -2.35. The third kappa shape index (κ3) is 3.38. The summed E-state index contributed by atoms with van der Waals surface area (Å²) in [6.07, 6.45) is 0. The Balaban J connectivity index is 1.66. The van der Waals surface area contributed by atoms with E-state index in [4.69, 9.17) is 4.74 Å². The number of hydrogen-bond acceptors (Lipinski definition) is 5. The van der Waals surface area contributed by atoms with Crippen molar-refractivity contribution in [2.75, 3.05) is 17.7 Å². The van der Waals surface area contributed by atoms with Crippen molar-refractivity contribution in [1.82, 2.24) is 0 Å². The van der Waals surface area contributed by atoms with Gasteiger partial charge < -0.3 is 15.4 Å². The van der Waals surface area contributed by atoms with E-state index in [1.807, 2.05) is 0 Å². The van der Waals surface area contributed by atoms with E-state index in [0.29, 0.717) is 33.8 Å². The number of anilines is 2. The second-order valence-corrected chi connectivity index (χ2v) is 8.05. The molecule has 0 aromatic heterocycles. The zero-order valence-electron chi connectivity index (χ0n) is 17.7. The average molecular weight is 440 g/mol. The van der Waals surface area contributed by atoms with Crippen LogP contribution >= 0.6 is 0 Å². The molecule has 7 heteroatoms. The molecule has 3 aromatic rings. The summed E-state index contributed by atoms with van der Waals surface area (Å²) in [5.74, 6) is -4.86. The minimum Gasteiger partial charge on any atom is -0.497 e. The van der Waals surface area contributed by atoms with Crippen LogP contribution in [-0.4, -0.2) is 30.5 Å². The number of ether oxygens (including phenoxy) is 1. The van der Waals surface area contributed by atoms with Gasteiger partial charge in [-0.15, -0.1) is 0 Å². The fourth-order valence-electron chi connectivity index (χ4n) is 4.66. The fraction of sp³-hybridized carbons (Fsp3) is 0.154. The number of ketones is 2. The highest BCUT2D eigenvalue weighted by molar-refractivity contribution is 6.25. The van der Waals surface area contributed by atoms with Crippen LogP contribution in [0.3, 0.4) is 0 Å². The number of carbonyl (C=O) groups is 4. The van der Waals surface area contributed by atoms with Gasteiger partial charge in [0.15, 0.2) is 11.6 Å². The molecule has 2 heterocycles. The number of benzene rings is 3. The lowest BCUT2D eigenvalue weighted by atomic mass is 9.68. The normalized spacial score (nSPS) is 19.5. The highest BCUT2D eigenvalue weighted by Crippen LogP contribution is 2.43. The molecule has 0 unspecified atom stereocenters. The summed E-state index contributed by atoms with van der Waals surface area (Å²) in [4.78, 5) is 53.5. The largest absolute Gasteiger partial charge is 0.497 e. The summed E-state index contributed by atoms with van der Waals surface area (Å²) in [6.45, 7) is 0. The Labute approximate surface area is 189 Å². The molecule has 3 aromatic carbocycles.